The average Bonchev–Trinajstić information content (AvgIpc) is 3.11. The largest absolute Gasteiger partial charge is 0.355 e. The van der Waals surface area contributed by atoms with E-state index in [9.17, 15) is 9.59 Å². The molecule has 1 aliphatic heterocycles. The van der Waals surface area contributed by atoms with Crippen LogP contribution in [0.2, 0.25) is 0 Å². The summed E-state index contributed by atoms with van der Waals surface area (Å²) >= 11 is 1.59. The SMILES string of the molecule is CC(C)C(=O)NCCc1nc(-c2ccc3c(c2)CC(=O)N3)cs1. The van der Waals surface area contributed by atoms with Gasteiger partial charge in [-0.05, 0) is 17.7 Å². The minimum Gasteiger partial charge on any atom is -0.355 e. The van der Waals surface area contributed by atoms with Gasteiger partial charge in [-0.15, -0.1) is 11.3 Å². The van der Waals surface area contributed by atoms with Gasteiger partial charge in [0.15, 0.2) is 0 Å². The predicted molar refractivity (Wildman–Crippen MR) is 91.4 cm³/mol. The molecule has 6 heteroatoms. The predicted octanol–water partition coefficient (Wildman–Crippen LogP) is 2.62. The summed E-state index contributed by atoms with van der Waals surface area (Å²) in [7, 11) is 0. The van der Waals surface area contributed by atoms with Gasteiger partial charge in [0.05, 0.1) is 17.1 Å². The second kappa shape index (κ2) is 6.50. The molecule has 3 rings (SSSR count). The number of carbonyl (C=O) groups is 2. The topological polar surface area (TPSA) is 71.1 Å². The molecule has 0 fully saturated rings. The molecule has 0 atom stereocenters. The quantitative estimate of drug-likeness (QED) is 0.886. The summed E-state index contributed by atoms with van der Waals surface area (Å²) in [5.41, 5.74) is 3.85. The fraction of sp³-hybridized carbons (Fsp3) is 0.353. The Bertz CT molecular complexity index is 752. The zero-order valence-electron chi connectivity index (χ0n) is 13.2. The minimum absolute atomic E-state index is 0.00425. The summed E-state index contributed by atoms with van der Waals surface area (Å²) in [6, 6.07) is 5.92. The summed E-state index contributed by atoms with van der Waals surface area (Å²) < 4.78 is 0. The van der Waals surface area contributed by atoms with Crippen molar-refractivity contribution in [2.24, 2.45) is 5.92 Å². The van der Waals surface area contributed by atoms with Gasteiger partial charge in [0.2, 0.25) is 11.8 Å². The van der Waals surface area contributed by atoms with E-state index in [0.717, 1.165) is 33.9 Å². The highest BCUT2D eigenvalue weighted by atomic mass is 32.1. The highest BCUT2D eigenvalue weighted by Gasteiger charge is 2.18. The first-order valence-electron chi connectivity index (χ1n) is 7.68. The van der Waals surface area contributed by atoms with Gasteiger partial charge in [-0.25, -0.2) is 4.98 Å². The molecule has 1 aromatic carbocycles. The van der Waals surface area contributed by atoms with E-state index in [4.69, 9.17) is 0 Å². The molecule has 0 saturated heterocycles. The summed E-state index contributed by atoms with van der Waals surface area (Å²) in [5.74, 6) is 0.110. The molecule has 0 saturated carbocycles. The smallest absolute Gasteiger partial charge is 0.228 e. The fourth-order valence-corrected chi connectivity index (χ4v) is 3.25. The van der Waals surface area contributed by atoms with Crippen LogP contribution in [0.15, 0.2) is 23.6 Å². The third-order valence-corrected chi connectivity index (χ3v) is 4.65. The maximum atomic E-state index is 11.5. The van der Waals surface area contributed by atoms with Gasteiger partial charge >= 0.3 is 0 Å². The van der Waals surface area contributed by atoms with Gasteiger partial charge in [-0.3, -0.25) is 9.59 Å². The number of anilines is 1. The summed E-state index contributed by atoms with van der Waals surface area (Å²) in [6.45, 7) is 4.36. The second-order valence-corrected chi connectivity index (χ2v) is 6.86. The molecule has 5 nitrogen and oxygen atoms in total. The molecule has 1 aromatic heterocycles. The highest BCUT2D eigenvalue weighted by Crippen LogP contribution is 2.29. The molecule has 2 N–H and O–H groups in total. The standard InChI is InChI=1S/C17H19N3O2S/c1-10(2)17(22)18-6-5-16-20-14(9-23-16)11-3-4-13-12(7-11)8-15(21)19-13/h3-4,7,9-10H,5-6,8H2,1-2H3,(H,18,22)(H,19,21). The lowest BCUT2D eigenvalue weighted by atomic mass is 10.1. The average molecular weight is 329 g/mol. The summed E-state index contributed by atoms with van der Waals surface area (Å²) in [4.78, 5) is 27.6. The van der Waals surface area contributed by atoms with Crippen molar-refractivity contribution >= 4 is 28.8 Å². The number of rotatable bonds is 5. The third-order valence-electron chi connectivity index (χ3n) is 3.74. The lowest BCUT2D eigenvalue weighted by Crippen LogP contribution is -2.29. The van der Waals surface area contributed by atoms with Crippen molar-refractivity contribution in [2.75, 3.05) is 11.9 Å². The van der Waals surface area contributed by atoms with Crippen molar-refractivity contribution in [3.63, 3.8) is 0 Å². The second-order valence-electron chi connectivity index (χ2n) is 5.92. The van der Waals surface area contributed by atoms with Crippen LogP contribution in [0.1, 0.15) is 24.4 Å². The van der Waals surface area contributed by atoms with Crippen LogP contribution in [-0.4, -0.2) is 23.3 Å². The zero-order chi connectivity index (χ0) is 16.4. The molecule has 2 amide bonds. The number of hydrogen-bond acceptors (Lipinski definition) is 4. The Labute approximate surface area is 139 Å². The monoisotopic (exact) mass is 329 g/mol. The van der Waals surface area contributed by atoms with Crippen LogP contribution in [0.25, 0.3) is 11.3 Å². The van der Waals surface area contributed by atoms with E-state index >= 15 is 0 Å². The van der Waals surface area contributed by atoms with Crippen molar-refractivity contribution in [2.45, 2.75) is 26.7 Å². The van der Waals surface area contributed by atoms with Gasteiger partial charge < -0.3 is 10.6 Å². The van der Waals surface area contributed by atoms with Crippen molar-refractivity contribution < 1.29 is 9.59 Å². The molecular formula is C17H19N3O2S. The number of hydrogen-bond donors (Lipinski definition) is 2. The van der Waals surface area contributed by atoms with Gasteiger partial charge in [-0.2, -0.15) is 0 Å². The number of benzene rings is 1. The zero-order valence-corrected chi connectivity index (χ0v) is 14.0. The van der Waals surface area contributed by atoms with E-state index in [-0.39, 0.29) is 17.7 Å². The van der Waals surface area contributed by atoms with Crippen LogP contribution in [0.3, 0.4) is 0 Å². The number of aromatic nitrogens is 1. The first kappa shape index (κ1) is 15.7. The molecule has 2 aromatic rings. The van der Waals surface area contributed by atoms with Crippen LogP contribution < -0.4 is 10.6 Å². The van der Waals surface area contributed by atoms with Crippen LogP contribution in [0.4, 0.5) is 5.69 Å². The highest BCUT2D eigenvalue weighted by molar-refractivity contribution is 7.09. The molecule has 23 heavy (non-hydrogen) atoms. The van der Waals surface area contributed by atoms with Gasteiger partial charge in [0.25, 0.3) is 0 Å². The molecule has 0 radical (unpaired) electrons. The number of carbonyl (C=O) groups excluding carboxylic acids is 2. The van der Waals surface area contributed by atoms with Crippen molar-refractivity contribution in [1.29, 1.82) is 0 Å². The maximum absolute atomic E-state index is 11.5. The van der Waals surface area contributed by atoms with E-state index in [1.54, 1.807) is 11.3 Å². The maximum Gasteiger partial charge on any atom is 0.228 e. The van der Waals surface area contributed by atoms with Crippen LogP contribution in [0, 0.1) is 5.92 Å². The number of amides is 2. The van der Waals surface area contributed by atoms with Gasteiger partial charge in [-0.1, -0.05) is 19.9 Å². The lowest BCUT2D eigenvalue weighted by molar-refractivity contribution is -0.124. The Morgan fingerprint density at radius 2 is 2.26 bits per heavy atom. The normalized spacial score (nSPS) is 13.1. The molecule has 1 aliphatic rings. The molecule has 0 spiro atoms. The van der Waals surface area contributed by atoms with Gasteiger partial charge in [0.1, 0.15) is 0 Å². The van der Waals surface area contributed by atoms with Crippen molar-refractivity contribution in [1.82, 2.24) is 10.3 Å². The first-order chi connectivity index (χ1) is 11.0. The summed E-state index contributed by atoms with van der Waals surface area (Å²) in [5, 5.41) is 8.75. The van der Waals surface area contributed by atoms with Crippen LogP contribution >= 0.6 is 11.3 Å². The van der Waals surface area contributed by atoms with Crippen molar-refractivity contribution in [3.8, 4) is 11.3 Å². The molecule has 0 unspecified atom stereocenters. The Kier molecular flexibility index (Phi) is 4.43. The third kappa shape index (κ3) is 3.59. The number of fused-ring (bicyclic) bond motifs is 1. The first-order valence-corrected chi connectivity index (χ1v) is 8.56. The summed E-state index contributed by atoms with van der Waals surface area (Å²) in [6.07, 6.45) is 1.16. The molecule has 0 aliphatic carbocycles. The van der Waals surface area contributed by atoms with E-state index in [1.807, 2.05) is 37.4 Å². The Hall–Kier alpha value is -2.21. The molecule has 2 heterocycles. The van der Waals surface area contributed by atoms with E-state index < -0.39 is 0 Å². The number of nitrogens with zero attached hydrogens (tertiary/aromatic N) is 1. The van der Waals surface area contributed by atoms with Crippen LogP contribution in [0.5, 0.6) is 0 Å². The molecule has 120 valence electrons. The van der Waals surface area contributed by atoms with E-state index in [1.165, 1.54) is 0 Å². The Morgan fingerprint density at radius 3 is 3.04 bits per heavy atom. The molecule has 0 bridgehead atoms. The Morgan fingerprint density at radius 1 is 1.43 bits per heavy atom. The van der Waals surface area contributed by atoms with E-state index in [0.29, 0.717) is 13.0 Å². The van der Waals surface area contributed by atoms with Crippen LogP contribution in [-0.2, 0) is 22.4 Å². The lowest BCUT2D eigenvalue weighted by Gasteiger charge is -2.05. The Balaban J connectivity index is 1.65. The number of nitrogens with one attached hydrogen (secondary N) is 2. The fourth-order valence-electron chi connectivity index (χ4n) is 2.44. The minimum atomic E-state index is 0.00425. The van der Waals surface area contributed by atoms with E-state index in [2.05, 4.69) is 15.6 Å². The van der Waals surface area contributed by atoms with Gasteiger partial charge in [0, 0.05) is 35.5 Å². The number of thiazole rings is 1. The molecular weight excluding hydrogens is 310 g/mol. The van der Waals surface area contributed by atoms with Crippen molar-refractivity contribution in [3.05, 3.63) is 34.2 Å².